The zero-order valence-corrected chi connectivity index (χ0v) is 17.1. The molecule has 2 heterocycles. The molecule has 0 saturated carbocycles. The number of carbonyl (C=O) groups excluding carboxylic acids is 1. The van der Waals surface area contributed by atoms with Gasteiger partial charge >= 0.3 is 0 Å². The van der Waals surface area contributed by atoms with E-state index < -0.39 is 0 Å². The van der Waals surface area contributed by atoms with Crippen LogP contribution in [0.25, 0.3) is 11.3 Å². The van der Waals surface area contributed by atoms with E-state index >= 15 is 0 Å². The summed E-state index contributed by atoms with van der Waals surface area (Å²) in [7, 11) is 0. The summed E-state index contributed by atoms with van der Waals surface area (Å²) in [5.74, 6) is 1.83. The van der Waals surface area contributed by atoms with Crippen LogP contribution in [0.1, 0.15) is 29.0 Å². The molecule has 6 heteroatoms. The first-order valence-corrected chi connectivity index (χ1v) is 9.96. The van der Waals surface area contributed by atoms with Gasteiger partial charge in [0.15, 0.2) is 11.7 Å². The topological polar surface area (TPSA) is 73.0 Å². The van der Waals surface area contributed by atoms with Crippen LogP contribution in [0.4, 0.5) is 5.82 Å². The molecule has 0 aliphatic rings. The minimum absolute atomic E-state index is 0.101. The van der Waals surface area contributed by atoms with Gasteiger partial charge in [-0.15, -0.1) is 0 Å². The zero-order valence-electron chi connectivity index (χ0n) is 17.1. The van der Waals surface area contributed by atoms with Crippen molar-refractivity contribution in [1.29, 1.82) is 0 Å². The highest BCUT2D eigenvalue weighted by molar-refractivity contribution is 5.89. The van der Waals surface area contributed by atoms with E-state index in [2.05, 4.69) is 40.5 Å². The van der Waals surface area contributed by atoms with Gasteiger partial charge in [0.2, 0.25) is 5.91 Å². The summed E-state index contributed by atoms with van der Waals surface area (Å²) in [6, 6.07) is 18.1. The summed E-state index contributed by atoms with van der Waals surface area (Å²) in [6.07, 6.45) is 4.11. The molecule has 4 aromatic rings. The van der Waals surface area contributed by atoms with Crippen LogP contribution in [0.15, 0.2) is 71.4 Å². The molecule has 0 radical (unpaired) electrons. The number of hydrogen-bond acceptors (Lipinski definition) is 4. The Hall–Kier alpha value is -3.67. The molecule has 2 aromatic carbocycles. The fourth-order valence-corrected chi connectivity index (χ4v) is 3.25. The summed E-state index contributed by atoms with van der Waals surface area (Å²) in [4.78, 5) is 16.7. The summed E-state index contributed by atoms with van der Waals surface area (Å²) in [5.41, 5.74) is 4.50. The SMILES string of the molecule is Cc1ccc(-c2cnc(CCC(=O)Nc3ccnn3Cc3cccc(C)c3)o2)cc1. The summed E-state index contributed by atoms with van der Waals surface area (Å²) in [6.45, 7) is 4.70. The fourth-order valence-electron chi connectivity index (χ4n) is 3.25. The van der Waals surface area contributed by atoms with Crippen molar-refractivity contribution in [3.05, 3.63) is 89.6 Å². The van der Waals surface area contributed by atoms with E-state index in [1.807, 2.05) is 37.3 Å². The first-order chi connectivity index (χ1) is 14.6. The van der Waals surface area contributed by atoms with Gasteiger partial charge in [-0.3, -0.25) is 4.79 Å². The number of aromatic nitrogens is 3. The monoisotopic (exact) mass is 400 g/mol. The minimum atomic E-state index is -0.101. The zero-order chi connectivity index (χ0) is 20.9. The maximum atomic E-state index is 12.4. The summed E-state index contributed by atoms with van der Waals surface area (Å²) >= 11 is 0. The molecular formula is C24H24N4O2. The van der Waals surface area contributed by atoms with Crippen molar-refractivity contribution in [3.8, 4) is 11.3 Å². The second kappa shape index (κ2) is 8.78. The molecule has 0 unspecified atom stereocenters. The number of rotatable bonds is 7. The third-order valence-electron chi connectivity index (χ3n) is 4.85. The Balaban J connectivity index is 1.34. The molecule has 152 valence electrons. The van der Waals surface area contributed by atoms with Gasteiger partial charge in [0.1, 0.15) is 5.82 Å². The largest absolute Gasteiger partial charge is 0.441 e. The molecule has 2 aromatic heterocycles. The smallest absolute Gasteiger partial charge is 0.226 e. The van der Waals surface area contributed by atoms with E-state index in [-0.39, 0.29) is 12.3 Å². The Morgan fingerprint density at radius 1 is 1.07 bits per heavy atom. The van der Waals surface area contributed by atoms with E-state index in [1.165, 1.54) is 11.1 Å². The van der Waals surface area contributed by atoms with E-state index in [9.17, 15) is 4.79 Å². The lowest BCUT2D eigenvalue weighted by Crippen LogP contribution is -2.16. The van der Waals surface area contributed by atoms with Crippen molar-refractivity contribution in [2.24, 2.45) is 0 Å². The van der Waals surface area contributed by atoms with Crippen molar-refractivity contribution in [1.82, 2.24) is 14.8 Å². The second-order valence-electron chi connectivity index (χ2n) is 7.40. The minimum Gasteiger partial charge on any atom is -0.441 e. The fraction of sp³-hybridized carbons (Fsp3) is 0.208. The molecule has 0 aliphatic carbocycles. The van der Waals surface area contributed by atoms with Gasteiger partial charge in [-0.05, 0) is 19.4 Å². The lowest BCUT2D eigenvalue weighted by molar-refractivity contribution is -0.116. The van der Waals surface area contributed by atoms with E-state index in [4.69, 9.17) is 4.42 Å². The predicted molar refractivity (Wildman–Crippen MR) is 116 cm³/mol. The van der Waals surface area contributed by atoms with Gasteiger partial charge in [0.25, 0.3) is 0 Å². The van der Waals surface area contributed by atoms with Crippen LogP contribution in [0.3, 0.4) is 0 Å². The lowest BCUT2D eigenvalue weighted by Gasteiger charge is -2.09. The van der Waals surface area contributed by atoms with Crippen molar-refractivity contribution in [3.63, 3.8) is 0 Å². The van der Waals surface area contributed by atoms with E-state index in [0.717, 1.165) is 11.1 Å². The highest BCUT2D eigenvalue weighted by Crippen LogP contribution is 2.21. The molecule has 0 saturated heterocycles. The number of nitrogens with one attached hydrogen (secondary N) is 1. The summed E-state index contributed by atoms with van der Waals surface area (Å²) < 4.78 is 7.59. The number of hydrogen-bond donors (Lipinski definition) is 1. The number of benzene rings is 2. The molecule has 0 atom stereocenters. The van der Waals surface area contributed by atoms with E-state index in [1.54, 1.807) is 23.1 Å². The molecule has 0 bridgehead atoms. The van der Waals surface area contributed by atoms with Crippen LogP contribution in [0.2, 0.25) is 0 Å². The molecule has 4 rings (SSSR count). The Labute approximate surface area is 175 Å². The molecule has 0 fully saturated rings. The molecular weight excluding hydrogens is 376 g/mol. The number of aryl methyl sites for hydroxylation is 3. The molecule has 0 spiro atoms. The number of oxazole rings is 1. The Bertz CT molecular complexity index is 1140. The molecule has 6 nitrogen and oxygen atoms in total. The maximum absolute atomic E-state index is 12.4. The third-order valence-corrected chi connectivity index (χ3v) is 4.85. The molecule has 1 N–H and O–H groups in total. The first kappa shape index (κ1) is 19.6. The van der Waals surface area contributed by atoms with Gasteiger partial charge < -0.3 is 9.73 Å². The summed E-state index contributed by atoms with van der Waals surface area (Å²) in [5, 5.41) is 7.26. The van der Waals surface area contributed by atoms with Crippen LogP contribution < -0.4 is 5.32 Å². The van der Waals surface area contributed by atoms with Gasteiger partial charge in [-0.1, -0.05) is 59.7 Å². The van der Waals surface area contributed by atoms with Crippen LogP contribution in [-0.4, -0.2) is 20.7 Å². The second-order valence-corrected chi connectivity index (χ2v) is 7.40. The van der Waals surface area contributed by atoms with Gasteiger partial charge in [-0.25, -0.2) is 9.67 Å². The average molecular weight is 400 g/mol. The van der Waals surface area contributed by atoms with Crippen molar-refractivity contribution in [2.75, 3.05) is 5.32 Å². The van der Waals surface area contributed by atoms with Crippen LogP contribution in [-0.2, 0) is 17.8 Å². The Morgan fingerprint density at radius 3 is 2.70 bits per heavy atom. The van der Waals surface area contributed by atoms with Gasteiger partial charge in [0.05, 0.1) is 18.9 Å². The lowest BCUT2D eigenvalue weighted by atomic mass is 10.1. The average Bonchev–Trinajstić information content (AvgIpc) is 3.37. The molecule has 30 heavy (non-hydrogen) atoms. The van der Waals surface area contributed by atoms with Crippen molar-refractivity contribution < 1.29 is 9.21 Å². The Kier molecular flexibility index (Phi) is 5.75. The quantitative estimate of drug-likeness (QED) is 0.485. The van der Waals surface area contributed by atoms with Crippen LogP contribution in [0, 0.1) is 13.8 Å². The number of carbonyl (C=O) groups is 1. The highest BCUT2D eigenvalue weighted by atomic mass is 16.4. The first-order valence-electron chi connectivity index (χ1n) is 9.96. The molecule has 0 aliphatic heterocycles. The van der Waals surface area contributed by atoms with Crippen molar-refractivity contribution >= 4 is 11.7 Å². The van der Waals surface area contributed by atoms with Crippen LogP contribution >= 0.6 is 0 Å². The van der Waals surface area contributed by atoms with Gasteiger partial charge in [-0.2, -0.15) is 5.10 Å². The predicted octanol–water partition coefficient (Wildman–Crippen LogP) is 4.77. The number of nitrogens with zero attached hydrogens (tertiary/aromatic N) is 3. The highest BCUT2D eigenvalue weighted by Gasteiger charge is 2.11. The molecule has 1 amide bonds. The van der Waals surface area contributed by atoms with Crippen molar-refractivity contribution in [2.45, 2.75) is 33.2 Å². The normalized spacial score (nSPS) is 10.9. The Morgan fingerprint density at radius 2 is 1.90 bits per heavy atom. The van der Waals surface area contributed by atoms with Crippen LogP contribution in [0.5, 0.6) is 0 Å². The number of anilines is 1. The maximum Gasteiger partial charge on any atom is 0.226 e. The third kappa shape index (κ3) is 4.84. The van der Waals surface area contributed by atoms with Gasteiger partial charge in [0, 0.05) is 24.5 Å². The van der Waals surface area contributed by atoms with E-state index in [0.29, 0.717) is 30.4 Å². The standard InChI is InChI=1S/C24H24N4O2/c1-17-6-8-20(9-7-17)21-15-25-24(30-21)11-10-23(29)27-22-12-13-26-28(22)16-19-5-3-4-18(2)14-19/h3-9,12-15H,10-11,16H2,1-2H3,(H,27,29). The number of amides is 1.